The van der Waals surface area contributed by atoms with Gasteiger partial charge in [-0.2, -0.15) is 13.2 Å². The van der Waals surface area contributed by atoms with E-state index >= 15 is 0 Å². The van der Waals surface area contributed by atoms with Crippen molar-refractivity contribution >= 4 is 11.2 Å². The molecule has 0 saturated carbocycles. The average molecular weight is 380 g/mol. The van der Waals surface area contributed by atoms with Gasteiger partial charge < -0.3 is 10.4 Å². The number of benzene rings is 1. The molecule has 0 bridgehead atoms. The Labute approximate surface area is 153 Å². The lowest BCUT2D eigenvalue weighted by molar-refractivity contribution is -0.137. The van der Waals surface area contributed by atoms with E-state index < -0.39 is 11.7 Å². The number of imidazole rings is 1. The van der Waals surface area contributed by atoms with Crippen LogP contribution < -0.4 is 10.6 Å². The van der Waals surface area contributed by atoms with E-state index in [4.69, 9.17) is 5.11 Å². The molecule has 0 saturated heterocycles. The van der Waals surface area contributed by atoms with Crippen LogP contribution in [-0.2, 0) is 12.7 Å². The SMILES string of the molecule is OCCNCC(NCc1ccc(C(F)(F)F)cc1)n1cnc2cncnc21. The van der Waals surface area contributed by atoms with E-state index in [1.165, 1.54) is 18.5 Å². The van der Waals surface area contributed by atoms with Crippen LogP contribution in [0, 0.1) is 0 Å². The predicted octanol–water partition coefficient (Wildman–Crippen LogP) is 1.72. The molecule has 1 unspecified atom stereocenters. The lowest BCUT2D eigenvalue weighted by Gasteiger charge is -2.21. The Morgan fingerprint density at radius 1 is 1.15 bits per heavy atom. The van der Waals surface area contributed by atoms with E-state index in [1.807, 2.05) is 4.57 Å². The molecule has 3 aromatic rings. The fourth-order valence-corrected chi connectivity index (χ4v) is 2.65. The molecule has 0 aliphatic heterocycles. The zero-order valence-electron chi connectivity index (χ0n) is 14.3. The van der Waals surface area contributed by atoms with Crippen molar-refractivity contribution in [3.05, 3.63) is 54.2 Å². The van der Waals surface area contributed by atoms with Crippen molar-refractivity contribution in [1.82, 2.24) is 30.2 Å². The number of nitrogens with zero attached hydrogens (tertiary/aromatic N) is 4. The molecule has 144 valence electrons. The Hall–Kier alpha value is -2.56. The quantitative estimate of drug-likeness (QED) is 0.516. The fourth-order valence-electron chi connectivity index (χ4n) is 2.65. The summed E-state index contributed by atoms with van der Waals surface area (Å²) >= 11 is 0. The predicted molar refractivity (Wildman–Crippen MR) is 92.6 cm³/mol. The molecule has 2 aromatic heterocycles. The number of aliphatic hydroxyl groups is 1. The molecule has 3 rings (SSSR count). The monoisotopic (exact) mass is 380 g/mol. The molecule has 0 fully saturated rings. The Bertz CT molecular complexity index is 865. The highest BCUT2D eigenvalue weighted by Crippen LogP contribution is 2.29. The van der Waals surface area contributed by atoms with Crippen molar-refractivity contribution in [2.75, 3.05) is 19.7 Å². The minimum Gasteiger partial charge on any atom is -0.395 e. The van der Waals surface area contributed by atoms with Crippen molar-refractivity contribution < 1.29 is 18.3 Å². The van der Waals surface area contributed by atoms with E-state index in [-0.39, 0.29) is 12.8 Å². The van der Waals surface area contributed by atoms with Crippen LogP contribution in [0.4, 0.5) is 13.2 Å². The van der Waals surface area contributed by atoms with Crippen LogP contribution in [-0.4, -0.2) is 44.3 Å². The number of alkyl halides is 3. The van der Waals surface area contributed by atoms with Crippen LogP contribution in [0.15, 0.2) is 43.1 Å². The summed E-state index contributed by atoms with van der Waals surface area (Å²) in [6.07, 6.45) is 0.0445. The molecular formula is C17H19F3N6O. The van der Waals surface area contributed by atoms with Crippen LogP contribution >= 0.6 is 0 Å². The standard InChI is InChI=1S/C17H19F3N6O/c18-17(19,20)13-3-1-12(2-4-13)7-23-15(9-21-5-6-27)26-11-25-14-8-22-10-24-16(14)26/h1-4,8,10-11,15,21,23,27H,5-7,9H2. The van der Waals surface area contributed by atoms with Crippen LogP contribution in [0.1, 0.15) is 17.3 Å². The number of aromatic nitrogens is 4. The summed E-state index contributed by atoms with van der Waals surface area (Å²) < 4.78 is 39.8. The minimum atomic E-state index is -4.35. The van der Waals surface area contributed by atoms with E-state index in [9.17, 15) is 13.2 Å². The molecular weight excluding hydrogens is 361 g/mol. The topological polar surface area (TPSA) is 87.9 Å². The van der Waals surface area contributed by atoms with Gasteiger partial charge in [0.25, 0.3) is 0 Å². The Balaban J connectivity index is 1.74. The first-order valence-electron chi connectivity index (χ1n) is 8.32. The van der Waals surface area contributed by atoms with E-state index in [1.54, 1.807) is 12.5 Å². The molecule has 0 aliphatic rings. The van der Waals surface area contributed by atoms with Gasteiger partial charge in [-0.25, -0.2) is 15.0 Å². The van der Waals surface area contributed by atoms with Gasteiger partial charge in [0, 0.05) is 19.6 Å². The lowest BCUT2D eigenvalue weighted by Crippen LogP contribution is -2.36. The first-order valence-corrected chi connectivity index (χ1v) is 8.32. The molecule has 1 atom stereocenters. The molecule has 1 aromatic carbocycles. The first-order chi connectivity index (χ1) is 13.0. The Morgan fingerprint density at radius 2 is 1.93 bits per heavy atom. The number of aliphatic hydroxyl groups excluding tert-OH is 1. The molecule has 10 heteroatoms. The second-order valence-electron chi connectivity index (χ2n) is 5.90. The lowest BCUT2D eigenvalue weighted by atomic mass is 10.1. The van der Waals surface area contributed by atoms with Gasteiger partial charge in [0.15, 0.2) is 5.65 Å². The second-order valence-corrected chi connectivity index (χ2v) is 5.90. The molecule has 27 heavy (non-hydrogen) atoms. The number of nitrogens with one attached hydrogen (secondary N) is 2. The van der Waals surface area contributed by atoms with Gasteiger partial charge in [0.2, 0.25) is 0 Å². The van der Waals surface area contributed by atoms with Gasteiger partial charge in [-0.15, -0.1) is 0 Å². The second kappa shape index (κ2) is 8.42. The number of hydrogen-bond donors (Lipinski definition) is 3. The summed E-state index contributed by atoms with van der Waals surface area (Å²) in [5.41, 5.74) is 1.32. The molecule has 0 aliphatic carbocycles. The third-order valence-corrected chi connectivity index (χ3v) is 4.02. The zero-order chi connectivity index (χ0) is 19.3. The normalized spacial score (nSPS) is 13.2. The molecule has 3 N–H and O–H groups in total. The largest absolute Gasteiger partial charge is 0.416 e. The van der Waals surface area contributed by atoms with Gasteiger partial charge in [-0.1, -0.05) is 12.1 Å². The summed E-state index contributed by atoms with van der Waals surface area (Å²) in [6, 6.07) is 5.02. The number of rotatable bonds is 8. The maximum Gasteiger partial charge on any atom is 0.416 e. The maximum atomic E-state index is 12.7. The third kappa shape index (κ3) is 4.79. The van der Waals surface area contributed by atoms with E-state index in [2.05, 4.69) is 25.6 Å². The summed E-state index contributed by atoms with van der Waals surface area (Å²) in [4.78, 5) is 12.4. The highest BCUT2D eigenvalue weighted by molar-refractivity contribution is 5.68. The Morgan fingerprint density at radius 3 is 2.63 bits per heavy atom. The highest BCUT2D eigenvalue weighted by Gasteiger charge is 2.29. The minimum absolute atomic E-state index is 0.00152. The fraction of sp³-hybridized carbons (Fsp3) is 0.353. The summed E-state index contributed by atoms with van der Waals surface area (Å²) in [5, 5.41) is 15.4. The number of hydrogen-bond acceptors (Lipinski definition) is 6. The third-order valence-electron chi connectivity index (χ3n) is 4.02. The Kier molecular flexibility index (Phi) is 5.99. The van der Waals surface area contributed by atoms with Crippen LogP contribution in [0.3, 0.4) is 0 Å². The molecule has 0 radical (unpaired) electrons. The number of fused-ring (bicyclic) bond motifs is 1. The molecule has 0 spiro atoms. The van der Waals surface area contributed by atoms with Crippen LogP contribution in [0.2, 0.25) is 0 Å². The van der Waals surface area contributed by atoms with Gasteiger partial charge >= 0.3 is 6.18 Å². The molecule has 2 heterocycles. The van der Waals surface area contributed by atoms with Crippen molar-refractivity contribution in [3.63, 3.8) is 0 Å². The van der Waals surface area contributed by atoms with Crippen LogP contribution in [0.5, 0.6) is 0 Å². The summed E-state index contributed by atoms with van der Waals surface area (Å²) in [6.45, 7) is 1.24. The van der Waals surface area contributed by atoms with E-state index in [0.717, 1.165) is 12.1 Å². The first kappa shape index (κ1) is 19.2. The van der Waals surface area contributed by atoms with Crippen LogP contribution in [0.25, 0.3) is 11.2 Å². The van der Waals surface area contributed by atoms with Crippen molar-refractivity contribution in [2.24, 2.45) is 0 Å². The summed E-state index contributed by atoms with van der Waals surface area (Å²) in [7, 11) is 0. The molecule has 0 amide bonds. The van der Waals surface area contributed by atoms with Crippen molar-refractivity contribution in [2.45, 2.75) is 18.9 Å². The van der Waals surface area contributed by atoms with Crippen molar-refractivity contribution in [3.8, 4) is 0 Å². The van der Waals surface area contributed by atoms with Gasteiger partial charge in [0.05, 0.1) is 30.9 Å². The average Bonchev–Trinajstić information content (AvgIpc) is 3.08. The smallest absolute Gasteiger partial charge is 0.395 e. The summed E-state index contributed by atoms with van der Waals surface area (Å²) in [5.74, 6) is 0. The van der Waals surface area contributed by atoms with Gasteiger partial charge in [-0.3, -0.25) is 9.88 Å². The van der Waals surface area contributed by atoms with E-state index in [0.29, 0.717) is 36.4 Å². The maximum absolute atomic E-state index is 12.7. The molecule has 7 nitrogen and oxygen atoms in total. The number of halogens is 3. The van der Waals surface area contributed by atoms with Gasteiger partial charge in [0.1, 0.15) is 11.8 Å². The van der Waals surface area contributed by atoms with Gasteiger partial charge in [-0.05, 0) is 17.7 Å². The zero-order valence-corrected chi connectivity index (χ0v) is 14.3. The highest BCUT2D eigenvalue weighted by atomic mass is 19.4. The van der Waals surface area contributed by atoms with Crippen molar-refractivity contribution in [1.29, 1.82) is 0 Å².